The van der Waals surface area contributed by atoms with Crippen molar-refractivity contribution in [2.24, 2.45) is 5.92 Å². The van der Waals surface area contributed by atoms with Gasteiger partial charge in [0.05, 0.1) is 0 Å². The van der Waals surface area contributed by atoms with Gasteiger partial charge in [0.1, 0.15) is 0 Å². The van der Waals surface area contributed by atoms with Gasteiger partial charge in [0.25, 0.3) is 0 Å². The van der Waals surface area contributed by atoms with Crippen LogP contribution in [0.4, 0.5) is 0 Å². The molecule has 0 heteroatoms. The second kappa shape index (κ2) is 3.49. The number of hydrogen-bond donors (Lipinski definition) is 0. The van der Waals surface area contributed by atoms with Crippen LogP contribution in [0, 0.1) is 18.3 Å². The molecule has 7 heavy (non-hydrogen) atoms. The van der Waals surface area contributed by atoms with Gasteiger partial charge in [-0.3, -0.25) is 0 Å². The lowest BCUT2D eigenvalue weighted by molar-refractivity contribution is 0.832. The molecule has 0 aliphatic carbocycles. The summed E-state index contributed by atoms with van der Waals surface area (Å²) >= 11 is 0. The van der Waals surface area contributed by atoms with E-state index < -0.39 is 0 Å². The maximum Gasteiger partial charge on any atom is -0.0159 e. The van der Waals surface area contributed by atoms with Crippen LogP contribution in [0.1, 0.15) is 13.8 Å². The zero-order chi connectivity index (χ0) is 5.70. The molecule has 0 heterocycles. The number of terminal acetylenes is 1. The summed E-state index contributed by atoms with van der Waals surface area (Å²) in [5.41, 5.74) is 0. The van der Waals surface area contributed by atoms with Crippen LogP contribution >= 0.6 is 0 Å². The fraction of sp³-hybridized carbons (Fsp3) is 0.429. The fourth-order valence-electron chi connectivity index (χ4n) is 0.248. The minimum Gasteiger partial charge on any atom is -0.115 e. The highest BCUT2D eigenvalue weighted by molar-refractivity contribution is 5.09. The molecule has 0 aromatic rings. The van der Waals surface area contributed by atoms with Crippen molar-refractivity contribution in [2.45, 2.75) is 13.8 Å². The minimum absolute atomic E-state index is 0.580. The van der Waals surface area contributed by atoms with E-state index >= 15 is 0 Å². The van der Waals surface area contributed by atoms with Crippen molar-refractivity contribution in [3.05, 3.63) is 12.2 Å². The molecule has 0 unspecified atom stereocenters. The Kier molecular flexibility index (Phi) is 3.14. The van der Waals surface area contributed by atoms with E-state index in [1.807, 2.05) is 6.08 Å². The van der Waals surface area contributed by atoms with E-state index in [1.165, 1.54) is 0 Å². The van der Waals surface area contributed by atoms with Gasteiger partial charge in [-0.25, -0.2) is 0 Å². The van der Waals surface area contributed by atoms with E-state index in [0.717, 1.165) is 0 Å². The Morgan fingerprint density at radius 2 is 2.14 bits per heavy atom. The highest BCUT2D eigenvalue weighted by Gasteiger charge is 1.77. The van der Waals surface area contributed by atoms with Crippen molar-refractivity contribution in [3.8, 4) is 12.3 Å². The Bertz CT molecular complexity index is 91.1. The Labute approximate surface area is 45.2 Å². The molecule has 0 aliphatic heterocycles. The molecule has 0 aromatic heterocycles. The van der Waals surface area contributed by atoms with Crippen LogP contribution in [-0.2, 0) is 0 Å². The summed E-state index contributed by atoms with van der Waals surface area (Å²) in [5, 5.41) is 0. The molecule has 0 amide bonds. The molecule has 0 rings (SSSR count). The number of rotatable bonds is 1. The van der Waals surface area contributed by atoms with Gasteiger partial charge < -0.3 is 0 Å². The summed E-state index contributed by atoms with van der Waals surface area (Å²) in [4.78, 5) is 0. The largest absolute Gasteiger partial charge is 0.115 e. The lowest BCUT2D eigenvalue weighted by Gasteiger charge is -1.86. The van der Waals surface area contributed by atoms with Crippen LogP contribution < -0.4 is 0 Å². The van der Waals surface area contributed by atoms with Gasteiger partial charge in [0, 0.05) is 0 Å². The molecule has 0 radical (unpaired) electrons. The quantitative estimate of drug-likeness (QED) is 0.435. The first-order valence-electron chi connectivity index (χ1n) is 2.40. The second-order valence-corrected chi connectivity index (χ2v) is 1.77. The van der Waals surface area contributed by atoms with Crippen molar-refractivity contribution in [1.29, 1.82) is 0 Å². The van der Waals surface area contributed by atoms with Gasteiger partial charge in [-0.15, -0.1) is 6.42 Å². The maximum absolute atomic E-state index is 4.94. The highest BCUT2D eigenvalue weighted by Crippen LogP contribution is 1.90. The van der Waals surface area contributed by atoms with Gasteiger partial charge in [-0.05, 0) is 12.0 Å². The molecule has 0 N–H and O–H groups in total. The Balaban J connectivity index is 3.31. The molecule has 38 valence electrons. The van der Waals surface area contributed by atoms with Crippen molar-refractivity contribution >= 4 is 0 Å². The molecular formula is C7H10. The lowest BCUT2D eigenvalue weighted by Crippen LogP contribution is -1.73. The first kappa shape index (κ1) is 6.30. The van der Waals surface area contributed by atoms with Gasteiger partial charge >= 0.3 is 0 Å². The summed E-state index contributed by atoms with van der Waals surface area (Å²) in [6, 6.07) is 0. The molecule has 0 nitrogen and oxygen atoms in total. The monoisotopic (exact) mass is 94.1 g/mol. The molecule has 0 atom stereocenters. The van der Waals surface area contributed by atoms with Crippen molar-refractivity contribution < 1.29 is 0 Å². The first-order chi connectivity index (χ1) is 3.27. The fourth-order valence-corrected chi connectivity index (χ4v) is 0.248. The van der Waals surface area contributed by atoms with E-state index in [0.29, 0.717) is 5.92 Å². The molecule has 0 bridgehead atoms. The van der Waals surface area contributed by atoms with Gasteiger partial charge in [0.15, 0.2) is 0 Å². The average Bonchev–Trinajstić information content (AvgIpc) is 1.61. The number of hydrogen-bond acceptors (Lipinski definition) is 0. The van der Waals surface area contributed by atoms with Crippen LogP contribution in [-0.4, -0.2) is 0 Å². The van der Waals surface area contributed by atoms with Gasteiger partial charge in [-0.2, -0.15) is 0 Å². The molecule has 0 saturated carbocycles. The first-order valence-corrected chi connectivity index (χ1v) is 2.40. The number of allylic oxidation sites excluding steroid dienone is 2. The Hall–Kier alpha value is -0.700. The molecular weight excluding hydrogens is 84.1 g/mol. The average molecular weight is 94.2 g/mol. The molecule has 0 saturated heterocycles. The summed E-state index contributed by atoms with van der Waals surface area (Å²) in [7, 11) is 0. The van der Waals surface area contributed by atoms with Gasteiger partial charge in [0.2, 0.25) is 0 Å². The van der Waals surface area contributed by atoms with Gasteiger partial charge in [-0.1, -0.05) is 25.8 Å². The highest BCUT2D eigenvalue weighted by atomic mass is 13.8. The van der Waals surface area contributed by atoms with E-state index in [4.69, 9.17) is 6.42 Å². The smallest absolute Gasteiger partial charge is 0.0159 e. The van der Waals surface area contributed by atoms with Crippen LogP contribution in [0.2, 0.25) is 0 Å². The summed E-state index contributed by atoms with van der Waals surface area (Å²) in [5.74, 6) is 3.00. The molecule has 0 spiro atoms. The predicted octanol–water partition coefficient (Wildman–Crippen LogP) is 1.83. The van der Waals surface area contributed by atoms with Crippen LogP contribution in [0.15, 0.2) is 12.2 Å². The third-order valence-corrected chi connectivity index (χ3v) is 0.577. The van der Waals surface area contributed by atoms with Crippen LogP contribution in [0.25, 0.3) is 0 Å². The summed E-state index contributed by atoms with van der Waals surface area (Å²) in [6.07, 6.45) is 8.65. The van der Waals surface area contributed by atoms with Crippen molar-refractivity contribution in [2.75, 3.05) is 0 Å². The summed E-state index contributed by atoms with van der Waals surface area (Å²) < 4.78 is 0. The zero-order valence-electron chi connectivity index (χ0n) is 4.81. The lowest BCUT2D eigenvalue weighted by atomic mass is 10.2. The minimum atomic E-state index is 0.580. The van der Waals surface area contributed by atoms with E-state index in [9.17, 15) is 0 Å². The molecule has 0 aromatic carbocycles. The van der Waals surface area contributed by atoms with E-state index in [-0.39, 0.29) is 0 Å². The topological polar surface area (TPSA) is 0 Å². The maximum atomic E-state index is 4.94. The van der Waals surface area contributed by atoms with E-state index in [2.05, 4.69) is 19.8 Å². The molecule has 0 fully saturated rings. The second-order valence-electron chi connectivity index (χ2n) is 1.77. The zero-order valence-corrected chi connectivity index (χ0v) is 4.81. The predicted molar refractivity (Wildman–Crippen MR) is 32.8 cm³/mol. The Morgan fingerprint density at radius 3 is 2.29 bits per heavy atom. The Morgan fingerprint density at radius 1 is 1.57 bits per heavy atom. The molecule has 0 aliphatic rings. The summed E-state index contributed by atoms with van der Waals surface area (Å²) in [6.45, 7) is 4.18. The third-order valence-electron chi connectivity index (χ3n) is 0.577. The standard InChI is InChI=1S/C7H10/c1-4-5-6-7(2)3/h1,5-7H,2-3H3. The van der Waals surface area contributed by atoms with Crippen molar-refractivity contribution in [1.82, 2.24) is 0 Å². The SMILES string of the molecule is C#CC=CC(C)C. The van der Waals surface area contributed by atoms with E-state index in [1.54, 1.807) is 6.08 Å². The van der Waals surface area contributed by atoms with Crippen molar-refractivity contribution in [3.63, 3.8) is 0 Å². The van der Waals surface area contributed by atoms with Crippen LogP contribution in [0.3, 0.4) is 0 Å². The van der Waals surface area contributed by atoms with Crippen LogP contribution in [0.5, 0.6) is 0 Å². The third kappa shape index (κ3) is 5.30. The normalized spacial score (nSPS) is 10.0.